The molecule has 0 saturated heterocycles. The van der Waals surface area contributed by atoms with Crippen molar-refractivity contribution in [1.82, 2.24) is 0 Å². The number of rotatable bonds is 5. The van der Waals surface area contributed by atoms with Crippen molar-refractivity contribution in [1.29, 1.82) is 0 Å². The van der Waals surface area contributed by atoms with Crippen molar-refractivity contribution in [3.05, 3.63) is 54.1 Å². The van der Waals surface area contributed by atoms with Crippen molar-refractivity contribution in [3.63, 3.8) is 0 Å². The number of benzene rings is 2. The maximum Gasteiger partial charge on any atom is 0.337 e. The Labute approximate surface area is 159 Å². The summed E-state index contributed by atoms with van der Waals surface area (Å²) in [5.74, 6) is -1.78. The fourth-order valence-electron chi connectivity index (χ4n) is 2.51. The van der Waals surface area contributed by atoms with Gasteiger partial charge in [0, 0.05) is 0 Å². The van der Waals surface area contributed by atoms with E-state index >= 15 is 0 Å². The minimum absolute atomic E-state index is 0.0657. The van der Waals surface area contributed by atoms with Gasteiger partial charge in [0.15, 0.2) is 6.04 Å². The van der Waals surface area contributed by atoms with Crippen LogP contribution in [0.15, 0.2) is 68.8 Å². The van der Waals surface area contributed by atoms with Gasteiger partial charge in [-0.25, -0.2) is 4.79 Å². The molecule has 11 heteroatoms. The molecule has 1 heterocycles. The number of carbonyl (C=O) groups excluding carboxylic acids is 1. The predicted molar refractivity (Wildman–Crippen MR) is 98.6 cm³/mol. The van der Waals surface area contributed by atoms with E-state index in [9.17, 15) is 23.1 Å². The maximum absolute atomic E-state index is 12.6. The topological polar surface area (TPSA) is 149 Å². The summed E-state index contributed by atoms with van der Waals surface area (Å²) >= 11 is 0. The van der Waals surface area contributed by atoms with Gasteiger partial charge in [-0.15, -0.1) is 0 Å². The summed E-state index contributed by atoms with van der Waals surface area (Å²) < 4.78 is 31.7. The predicted octanol–water partition coefficient (Wildman–Crippen LogP) is 2.51. The second kappa shape index (κ2) is 7.29. The van der Waals surface area contributed by atoms with E-state index in [0.717, 1.165) is 11.1 Å². The Hall–Kier alpha value is -3.44. The lowest BCUT2D eigenvalue weighted by Crippen LogP contribution is -2.29. The van der Waals surface area contributed by atoms with E-state index < -0.39 is 28.0 Å². The molecule has 2 aromatic carbocycles. The molecular formula is C17H14N4O6S. The fraction of sp³-hybridized carbons (Fsp3) is 0.118. The number of carboxylic acid groups (broad SMARTS) is 1. The summed E-state index contributed by atoms with van der Waals surface area (Å²) in [7, 11) is -4.44. The molecule has 1 aliphatic heterocycles. The average Bonchev–Trinajstić information content (AvgIpc) is 2.93. The van der Waals surface area contributed by atoms with Crippen LogP contribution >= 0.6 is 0 Å². The molecule has 0 spiro atoms. The molecule has 0 radical (unpaired) electrons. The first-order valence-corrected chi connectivity index (χ1v) is 9.32. The molecule has 3 rings (SSSR count). The first-order chi connectivity index (χ1) is 13.2. The van der Waals surface area contributed by atoms with Crippen LogP contribution in [-0.4, -0.2) is 41.7 Å². The van der Waals surface area contributed by atoms with Crippen molar-refractivity contribution in [2.75, 3.05) is 5.01 Å². The number of amides is 1. The summed E-state index contributed by atoms with van der Waals surface area (Å²) in [6, 6.07) is 9.94. The molecule has 10 nitrogen and oxygen atoms in total. The smallest absolute Gasteiger partial charge is 0.337 e. The lowest BCUT2D eigenvalue weighted by Gasteiger charge is -2.13. The number of azo groups is 1. The zero-order valence-corrected chi connectivity index (χ0v) is 15.2. The Morgan fingerprint density at radius 2 is 1.89 bits per heavy atom. The third-order valence-corrected chi connectivity index (χ3v) is 4.72. The Kier molecular flexibility index (Phi) is 5.03. The normalized spacial score (nSPS) is 17.2. The van der Waals surface area contributed by atoms with Gasteiger partial charge in [0.05, 0.1) is 27.5 Å². The molecule has 2 aromatic rings. The Morgan fingerprint density at radius 1 is 1.18 bits per heavy atom. The van der Waals surface area contributed by atoms with Crippen LogP contribution in [0.5, 0.6) is 0 Å². The summed E-state index contributed by atoms with van der Waals surface area (Å²) in [6.07, 6.45) is 0. The van der Waals surface area contributed by atoms with E-state index in [-0.39, 0.29) is 21.8 Å². The van der Waals surface area contributed by atoms with E-state index in [0.29, 0.717) is 5.71 Å². The molecule has 2 N–H and O–H groups in total. The van der Waals surface area contributed by atoms with Crippen LogP contribution in [0.3, 0.4) is 0 Å². The van der Waals surface area contributed by atoms with Gasteiger partial charge >= 0.3 is 5.97 Å². The highest BCUT2D eigenvalue weighted by atomic mass is 32.2. The summed E-state index contributed by atoms with van der Waals surface area (Å²) in [5.41, 5.74) is 0.438. The van der Waals surface area contributed by atoms with Gasteiger partial charge in [0.25, 0.3) is 16.0 Å². The molecule has 1 aliphatic rings. The Bertz CT molecular complexity index is 1130. The van der Waals surface area contributed by atoms with Crippen LogP contribution in [0.25, 0.3) is 0 Å². The van der Waals surface area contributed by atoms with Gasteiger partial charge in [-0.05, 0) is 37.3 Å². The lowest BCUT2D eigenvalue weighted by atomic mass is 10.2. The average molecular weight is 402 g/mol. The number of nitrogens with zero attached hydrogens (tertiary/aromatic N) is 4. The highest BCUT2D eigenvalue weighted by Gasteiger charge is 2.35. The number of hydrogen-bond donors (Lipinski definition) is 2. The van der Waals surface area contributed by atoms with Gasteiger partial charge in [-0.2, -0.15) is 28.8 Å². The molecule has 28 heavy (non-hydrogen) atoms. The van der Waals surface area contributed by atoms with Crippen molar-refractivity contribution >= 4 is 39.1 Å². The molecule has 0 aliphatic carbocycles. The third-order valence-electron chi connectivity index (χ3n) is 3.87. The SMILES string of the molecule is CC1=NN(c2cccc(S(=O)(=O)O)c2)C(=O)C1N=Nc1ccccc1C(=O)O. The quantitative estimate of drug-likeness (QED) is 0.579. The third kappa shape index (κ3) is 3.80. The zero-order chi connectivity index (χ0) is 20.5. The van der Waals surface area contributed by atoms with Crippen LogP contribution in [0, 0.1) is 0 Å². The van der Waals surface area contributed by atoms with Gasteiger partial charge in [-0.1, -0.05) is 18.2 Å². The van der Waals surface area contributed by atoms with Crippen molar-refractivity contribution < 1.29 is 27.7 Å². The van der Waals surface area contributed by atoms with Gasteiger partial charge in [0.2, 0.25) is 0 Å². The van der Waals surface area contributed by atoms with Gasteiger partial charge in [0.1, 0.15) is 0 Å². The second-order valence-electron chi connectivity index (χ2n) is 5.80. The number of hydrogen-bond acceptors (Lipinski definition) is 7. The fourth-order valence-corrected chi connectivity index (χ4v) is 3.03. The van der Waals surface area contributed by atoms with E-state index in [1.165, 1.54) is 37.3 Å². The van der Waals surface area contributed by atoms with Crippen molar-refractivity contribution in [2.45, 2.75) is 17.9 Å². The maximum atomic E-state index is 12.6. The molecule has 0 bridgehead atoms. The molecule has 1 unspecified atom stereocenters. The summed E-state index contributed by atoms with van der Waals surface area (Å²) in [6.45, 7) is 1.54. The molecule has 0 saturated carbocycles. The molecule has 0 aromatic heterocycles. The van der Waals surface area contributed by atoms with Crippen LogP contribution in [-0.2, 0) is 14.9 Å². The first-order valence-electron chi connectivity index (χ1n) is 7.88. The van der Waals surface area contributed by atoms with Crippen molar-refractivity contribution in [2.24, 2.45) is 15.3 Å². The number of anilines is 1. The number of hydrazone groups is 1. The van der Waals surface area contributed by atoms with Gasteiger partial charge < -0.3 is 5.11 Å². The standard InChI is InChI=1S/C17H14N4O6S/c1-10-15(19-18-14-8-3-2-7-13(14)17(23)24)16(22)21(20-10)11-5-4-6-12(9-11)28(25,26)27/h2-9,15H,1H3,(H,23,24)(H,25,26,27). The molecule has 1 amide bonds. The van der Waals surface area contributed by atoms with Crippen LogP contribution in [0.4, 0.5) is 11.4 Å². The lowest BCUT2D eigenvalue weighted by molar-refractivity contribution is -0.117. The number of carbonyl (C=O) groups is 2. The zero-order valence-electron chi connectivity index (χ0n) is 14.4. The van der Waals surface area contributed by atoms with E-state index in [2.05, 4.69) is 15.3 Å². The van der Waals surface area contributed by atoms with E-state index in [4.69, 9.17) is 4.55 Å². The monoisotopic (exact) mass is 402 g/mol. The number of carboxylic acids is 1. The van der Waals surface area contributed by atoms with Crippen molar-refractivity contribution in [3.8, 4) is 0 Å². The summed E-state index contributed by atoms with van der Waals surface area (Å²) in [5, 5.41) is 22.0. The largest absolute Gasteiger partial charge is 0.478 e. The Morgan fingerprint density at radius 3 is 2.57 bits per heavy atom. The van der Waals surface area contributed by atoms with Crippen LogP contribution in [0.1, 0.15) is 17.3 Å². The minimum Gasteiger partial charge on any atom is -0.478 e. The second-order valence-corrected chi connectivity index (χ2v) is 7.23. The summed E-state index contributed by atoms with van der Waals surface area (Å²) in [4.78, 5) is 23.5. The molecule has 144 valence electrons. The van der Waals surface area contributed by atoms with Crippen LogP contribution in [0.2, 0.25) is 0 Å². The van der Waals surface area contributed by atoms with Gasteiger partial charge in [-0.3, -0.25) is 9.35 Å². The minimum atomic E-state index is -4.44. The Balaban J connectivity index is 1.89. The highest BCUT2D eigenvalue weighted by molar-refractivity contribution is 7.85. The molecule has 0 fully saturated rings. The highest BCUT2D eigenvalue weighted by Crippen LogP contribution is 2.26. The molecular weight excluding hydrogens is 388 g/mol. The van der Waals surface area contributed by atoms with E-state index in [1.807, 2.05) is 0 Å². The number of aromatic carboxylic acids is 1. The molecule has 1 atom stereocenters. The first kappa shape index (κ1) is 19.3. The van der Waals surface area contributed by atoms with Crippen LogP contribution < -0.4 is 5.01 Å². The van der Waals surface area contributed by atoms with E-state index in [1.54, 1.807) is 12.1 Å².